The van der Waals surface area contributed by atoms with Crippen LogP contribution in [0.25, 0.3) is 11.0 Å². The highest BCUT2D eigenvalue weighted by atomic mass is 16.5. The highest BCUT2D eigenvalue weighted by molar-refractivity contribution is 5.88. The Morgan fingerprint density at radius 2 is 1.97 bits per heavy atom. The molecule has 162 valence electrons. The van der Waals surface area contributed by atoms with Crippen molar-refractivity contribution < 1.29 is 9.32 Å². The van der Waals surface area contributed by atoms with Crippen LogP contribution in [0.15, 0.2) is 47.0 Å². The Bertz CT molecular complexity index is 1060. The van der Waals surface area contributed by atoms with Crippen LogP contribution in [0, 0.1) is 5.92 Å². The average molecular weight is 418 g/mol. The standard InChI is InChI=1S/C26H31N3O2/c1-26(2)21-14-20-22(28-31-24(20)15-23(21)27-25(26)17-30)9-8-18-10-12-29(13-11-18)16-19-6-4-3-5-7-19/h3-7,14-15,17-18,25,27H,8-13,16H2,1-2H3. The number of aldehydes is 1. The number of carbonyl (C=O) groups excluding carboxylic acids is 1. The maximum absolute atomic E-state index is 11.5. The van der Waals surface area contributed by atoms with E-state index >= 15 is 0 Å². The molecule has 5 nitrogen and oxygen atoms in total. The average Bonchev–Trinajstić information content (AvgIpc) is 3.29. The number of aromatic nitrogens is 1. The highest BCUT2D eigenvalue weighted by Gasteiger charge is 2.39. The van der Waals surface area contributed by atoms with E-state index < -0.39 is 0 Å². The molecular weight excluding hydrogens is 386 g/mol. The van der Waals surface area contributed by atoms with Crippen molar-refractivity contribution in [3.63, 3.8) is 0 Å². The third kappa shape index (κ3) is 3.87. The molecule has 2 aliphatic rings. The van der Waals surface area contributed by atoms with E-state index in [9.17, 15) is 4.79 Å². The van der Waals surface area contributed by atoms with Crippen LogP contribution in [0.1, 0.15) is 49.9 Å². The number of aryl methyl sites for hydroxylation is 1. The van der Waals surface area contributed by atoms with Gasteiger partial charge in [-0.25, -0.2) is 0 Å². The lowest BCUT2D eigenvalue weighted by Gasteiger charge is -2.32. The van der Waals surface area contributed by atoms with E-state index in [-0.39, 0.29) is 11.5 Å². The van der Waals surface area contributed by atoms with Crippen molar-refractivity contribution in [1.82, 2.24) is 10.1 Å². The number of nitrogens with one attached hydrogen (secondary N) is 1. The molecule has 1 unspecified atom stereocenters. The molecule has 1 saturated heterocycles. The maximum atomic E-state index is 11.5. The Balaban J connectivity index is 1.22. The molecular formula is C26H31N3O2. The van der Waals surface area contributed by atoms with E-state index in [4.69, 9.17) is 4.52 Å². The van der Waals surface area contributed by atoms with E-state index in [1.807, 2.05) is 6.07 Å². The Labute approximate surface area is 183 Å². The van der Waals surface area contributed by atoms with Crippen LogP contribution < -0.4 is 5.32 Å². The molecule has 3 aromatic rings. The van der Waals surface area contributed by atoms with Crippen LogP contribution in [-0.4, -0.2) is 35.5 Å². The molecule has 2 aromatic carbocycles. The first-order valence-corrected chi connectivity index (χ1v) is 11.5. The van der Waals surface area contributed by atoms with Crippen molar-refractivity contribution in [2.24, 2.45) is 5.92 Å². The minimum absolute atomic E-state index is 0.202. The smallest absolute Gasteiger partial charge is 0.169 e. The molecule has 1 atom stereocenters. The third-order valence-electron chi connectivity index (χ3n) is 7.35. The number of nitrogens with zero attached hydrogens (tertiary/aromatic N) is 2. The van der Waals surface area contributed by atoms with Gasteiger partial charge in [0.05, 0.1) is 11.7 Å². The number of carbonyl (C=O) groups is 1. The van der Waals surface area contributed by atoms with Crippen LogP contribution in [0.5, 0.6) is 0 Å². The quantitative estimate of drug-likeness (QED) is 0.576. The van der Waals surface area contributed by atoms with Crippen LogP contribution in [-0.2, 0) is 23.2 Å². The van der Waals surface area contributed by atoms with Crippen molar-refractivity contribution in [3.05, 3.63) is 59.3 Å². The van der Waals surface area contributed by atoms with E-state index in [1.165, 1.54) is 37.1 Å². The fraction of sp³-hybridized carbons (Fsp3) is 0.462. The molecule has 1 fully saturated rings. The molecule has 0 aliphatic carbocycles. The summed E-state index contributed by atoms with van der Waals surface area (Å²) in [5.74, 6) is 0.741. The van der Waals surface area contributed by atoms with Crippen molar-refractivity contribution >= 4 is 22.9 Å². The molecule has 0 radical (unpaired) electrons. The molecule has 5 heteroatoms. The lowest BCUT2D eigenvalue weighted by molar-refractivity contribution is -0.109. The second-order valence-corrected chi connectivity index (χ2v) is 9.75. The number of benzene rings is 2. The number of hydrogen-bond donors (Lipinski definition) is 1. The first kappa shape index (κ1) is 20.3. The first-order chi connectivity index (χ1) is 15.0. The molecule has 1 aromatic heterocycles. The summed E-state index contributed by atoms with van der Waals surface area (Å²) in [6, 6.07) is 14.7. The Hall–Kier alpha value is -2.66. The second kappa shape index (κ2) is 8.12. The van der Waals surface area contributed by atoms with E-state index in [0.717, 1.165) is 53.9 Å². The van der Waals surface area contributed by atoms with Crippen LogP contribution >= 0.6 is 0 Å². The summed E-state index contributed by atoms with van der Waals surface area (Å²) in [5, 5.41) is 8.81. The number of likely N-dealkylation sites (tertiary alicyclic amines) is 1. The monoisotopic (exact) mass is 417 g/mol. The molecule has 5 rings (SSSR count). The second-order valence-electron chi connectivity index (χ2n) is 9.75. The summed E-state index contributed by atoms with van der Waals surface area (Å²) in [7, 11) is 0. The van der Waals surface area contributed by atoms with Crippen molar-refractivity contribution in [2.75, 3.05) is 18.4 Å². The molecule has 2 aliphatic heterocycles. The predicted molar refractivity (Wildman–Crippen MR) is 123 cm³/mol. The predicted octanol–water partition coefficient (Wildman–Crippen LogP) is 4.94. The van der Waals surface area contributed by atoms with E-state index in [0.29, 0.717) is 0 Å². The van der Waals surface area contributed by atoms with E-state index in [1.54, 1.807) is 0 Å². The van der Waals surface area contributed by atoms with Crippen molar-refractivity contribution in [1.29, 1.82) is 0 Å². The van der Waals surface area contributed by atoms with Gasteiger partial charge in [-0.05, 0) is 61.9 Å². The van der Waals surface area contributed by atoms with Crippen molar-refractivity contribution in [2.45, 2.75) is 57.5 Å². The van der Waals surface area contributed by atoms with Crippen LogP contribution in [0.4, 0.5) is 5.69 Å². The van der Waals surface area contributed by atoms with Gasteiger partial charge in [-0.2, -0.15) is 0 Å². The lowest BCUT2D eigenvalue weighted by atomic mass is 9.80. The fourth-order valence-electron chi connectivity index (χ4n) is 5.20. The first-order valence-electron chi connectivity index (χ1n) is 11.5. The minimum atomic E-state index is -0.231. The van der Waals surface area contributed by atoms with Gasteiger partial charge < -0.3 is 14.6 Å². The van der Waals surface area contributed by atoms with Gasteiger partial charge in [0.1, 0.15) is 6.29 Å². The molecule has 1 N–H and O–H groups in total. The van der Waals surface area contributed by atoms with Gasteiger partial charge in [0.25, 0.3) is 0 Å². The topological polar surface area (TPSA) is 58.4 Å². The summed E-state index contributed by atoms with van der Waals surface area (Å²) < 4.78 is 5.65. The SMILES string of the molecule is CC1(C)c2cc3c(CCC4CCN(Cc5ccccc5)CC4)noc3cc2NC1C=O. The number of piperidine rings is 1. The van der Waals surface area contributed by atoms with Crippen LogP contribution in [0.2, 0.25) is 0 Å². The number of fused-ring (bicyclic) bond motifs is 2. The van der Waals surface area contributed by atoms with Gasteiger partial charge in [0, 0.05) is 29.1 Å². The van der Waals surface area contributed by atoms with Crippen LogP contribution in [0.3, 0.4) is 0 Å². The molecule has 3 heterocycles. The van der Waals surface area contributed by atoms with Gasteiger partial charge in [-0.3, -0.25) is 4.90 Å². The van der Waals surface area contributed by atoms with Gasteiger partial charge in [0.2, 0.25) is 0 Å². The summed E-state index contributed by atoms with van der Waals surface area (Å²) >= 11 is 0. The molecule has 31 heavy (non-hydrogen) atoms. The molecule has 0 saturated carbocycles. The van der Waals surface area contributed by atoms with Crippen molar-refractivity contribution in [3.8, 4) is 0 Å². The summed E-state index contributed by atoms with van der Waals surface area (Å²) in [6.07, 6.45) is 5.59. The molecule has 0 bridgehead atoms. The lowest BCUT2D eigenvalue weighted by Crippen LogP contribution is -2.34. The van der Waals surface area contributed by atoms with Gasteiger partial charge >= 0.3 is 0 Å². The summed E-state index contributed by atoms with van der Waals surface area (Å²) in [5.41, 5.74) is 5.19. The normalized spacial score (nSPS) is 21.2. The molecule has 0 amide bonds. The summed E-state index contributed by atoms with van der Waals surface area (Å²) in [6.45, 7) is 7.62. The molecule has 0 spiro atoms. The number of anilines is 1. The Kier molecular flexibility index (Phi) is 5.30. The highest BCUT2D eigenvalue weighted by Crippen LogP contribution is 2.42. The third-order valence-corrected chi connectivity index (χ3v) is 7.35. The summed E-state index contributed by atoms with van der Waals surface area (Å²) in [4.78, 5) is 14.1. The maximum Gasteiger partial charge on any atom is 0.169 e. The number of hydrogen-bond acceptors (Lipinski definition) is 5. The van der Waals surface area contributed by atoms with Gasteiger partial charge in [-0.1, -0.05) is 49.3 Å². The van der Waals surface area contributed by atoms with Gasteiger partial charge in [0.15, 0.2) is 5.58 Å². The zero-order chi connectivity index (χ0) is 21.4. The Morgan fingerprint density at radius 1 is 1.19 bits per heavy atom. The zero-order valence-electron chi connectivity index (χ0n) is 18.4. The Morgan fingerprint density at radius 3 is 2.71 bits per heavy atom. The fourth-order valence-corrected chi connectivity index (χ4v) is 5.20. The largest absolute Gasteiger partial charge is 0.374 e. The zero-order valence-corrected chi connectivity index (χ0v) is 18.4. The van der Waals surface area contributed by atoms with Gasteiger partial charge in [-0.15, -0.1) is 0 Å². The number of rotatable bonds is 6. The van der Waals surface area contributed by atoms with E-state index in [2.05, 4.69) is 65.6 Å². The minimum Gasteiger partial charge on any atom is -0.374 e.